The highest BCUT2D eigenvalue weighted by Gasteiger charge is 2.25. The molecule has 2 aromatic rings. The zero-order valence-electron chi connectivity index (χ0n) is 10.4. The molecule has 19 heavy (non-hydrogen) atoms. The van der Waals surface area contributed by atoms with Crippen LogP contribution in [0.3, 0.4) is 0 Å². The molecule has 0 amide bonds. The Balaban J connectivity index is 1.99. The van der Waals surface area contributed by atoms with Gasteiger partial charge in [-0.1, -0.05) is 0 Å². The average molecular weight is 261 g/mol. The quantitative estimate of drug-likeness (QED) is 0.642. The van der Waals surface area contributed by atoms with Crippen LogP contribution in [0.4, 0.5) is 11.6 Å². The van der Waals surface area contributed by atoms with Crippen LogP contribution >= 0.6 is 0 Å². The van der Waals surface area contributed by atoms with Crippen LogP contribution in [-0.2, 0) is 0 Å². The van der Waals surface area contributed by atoms with E-state index in [-0.39, 0.29) is 5.69 Å². The van der Waals surface area contributed by atoms with Crippen molar-refractivity contribution in [2.45, 2.75) is 18.9 Å². The number of nitrogens with two attached hydrogens (primary N) is 1. The van der Waals surface area contributed by atoms with Crippen molar-refractivity contribution < 1.29 is 4.92 Å². The van der Waals surface area contributed by atoms with Crippen molar-refractivity contribution in [1.29, 1.82) is 0 Å². The van der Waals surface area contributed by atoms with Crippen LogP contribution in [0, 0.1) is 10.1 Å². The van der Waals surface area contributed by atoms with E-state index >= 15 is 0 Å². The molecule has 7 heteroatoms. The van der Waals surface area contributed by atoms with E-state index in [9.17, 15) is 10.1 Å². The number of nitro groups is 1. The molecule has 3 N–H and O–H groups in total. The molecule has 0 aliphatic carbocycles. The lowest BCUT2D eigenvalue weighted by Crippen LogP contribution is -2.36. The fourth-order valence-corrected chi connectivity index (χ4v) is 2.59. The Bertz CT molecular complexity index is 624. The molecule has 2 heterocycles. The summed E-state index contributed by atoms with van der Waals surface area (Å²) in [5.41, 5.74) is 7.24. The first kappa shape index (κ1) is 11.9. The highest BCUT2D eigenvalue weighted by atomic mass is 16.6. The number of fused-ring (bicyclic) bond motifs is 1. The molecule has 1 aromatic heterocycles. The van der Waals surface area contributed by atoms with Gasteiger partial charge in [-0.2, -0.15) is 0 Å². The van der Waals surface area contributed by atoms with Crippen LogP contribution in [0.1, 0.15) is 12.8 Å². The number of aromatic amines is 1. The van der Waals surface area contributed by atoms with Gasteiger partial charge in [0.2, 0.25) is 5.95 Å². The summed E-state index contributed by atoms with van der Waals surface area (Å²) in [6.07, 6.45) is 2.16. The standard InChI is InChI=1S/C12H15N5O2/c13-7-9-2-1-5-16(9)12-14-10-4-3-8(17(18)19)6-11(10)15-12/h3-4,6,9H,1-2,5,7,13H2,(H,14,15)/t9-/m1/s1. The Morgan fingerprint density at radius 2 is 2.42 bits per heavy atom. The number of hydrogen-bond acceptors (Lipinski definition) is 5. The van der Waals surface area contributed by atoms with E-state index in [4.69, 9.17) is 5.73 Å². The zero-order valence-corrected chi connectivity index (χ0v) is 10.4. The van der Waals surface area contributed by atoms with Crippen molar-refractivity contribution >= 4 is 22.7 Å². The molecule has 3 rings (SSSR count). The zero-order chi connectivity index (χ0) is 13.4. The maximum atomic E-state index is 10.8. The number of nitrogens with zero attached hydrogens (tertiary/aromatic N) is 3. The molecule has 7 nitrogen and oxygen atoms in total. The smallest absolute Gasteiger partial charge is 0.271 e. The number of nitro benzene ring substituents is 1. The van der Waals surface area contributed by atoms with Gasteiger partial charge in [0.05, 0.1) is 16.0 Å². The minimum atomic E-state index is -0.404. The summed E-state index contributed by atoms with van der Waals surface area (Å²) in [5, 5.41) is 10.8. The van der Waals surface area contributed by atoms with Gasteiger partial charge in [-0.05, 0) is 18.9 Å². The summed E-state index contributed by atoms with van der Waals surface area (Å²) in [4.78, 5) is 20.1. The largest absolute Gasteiger partial charge is 0.338 e. The predicted octanol–water partition coefficient (Wildman–Crippen LogP) is 1.40. The maximum absolute atomic E-state index is 10.8. The molecule has 1 aliphatic heterocycles. The van der Waals surface area contributed by atoms with Crippen LogP contribution in [0.5, 0.6) is 0 Å². The third-order valence-corrected chi connectivity index (χ3v) is 3.59. The third-order valence-electron chi connectivity index (χ3n) is 3.59. The molecule has 1 aliphatic rings. The molecule has 1 saturated heterocycles. The Morgan fingerprint density at radius 1 is 1.58 bits per heavy atom. The highest BCUT2D eigenvalue weighted by Crippen LogP contribution is 2.26. The number of anilines is 1. The summed E-state index contributed by atoms with van der Waals surface area (Å²) in [6, 6.07) is 4.95. The van der Waals surface area contributed by atoms with Crippen LogP contribution in [0.15, 0.2) is 18.2 Å². The van der Waals surface area contributed by atoms with Gasteiger partial charge in [0.1, 0.15) is 0 Å². The number of rotatable bonds is 3. The van der Waals surface area contributed by atoms with Crippen LogP contribution in [0.2, 0.25) is 0 Å². The van der Waals surface area contributed by atoms with Crippen LogP contribution in [-0.4, -0.2) is 34.0 Å². The van der Waals surface area contributed by atoms with Crippen molar-refractivity contribution in [3.63, 3.8) is 0 Å². The van der Waals surface area contributed by atoms with Crippen molar-refractivity contribution in [3.05, 3.63) is 28.3 Å². The fourth-order valence-electron chi connectivity index (χ4n) is 2.59. The number of hydrogen-bond donors (Lipinski definition) is 2. The van der Waals surface area contributed by atoms with Crippen LogP contribution in [0.25, 0.3) is 11.0 Å². The summed E-state index contributed by atoms with van der Waals surface area (Å²) in [7, 11) is 0. The molecule has 1 aromatic carbocycles. The second-order valence-electron chi connectivity index (χ2n) is 4.74. The highest BCUT2D eigenvalue weighted by molar-refractivity contribution is 5.80. The molecule has 0 radical (unpaired) electrons. The lowest BCUT2D eigenvalue weighted by Gasteiger charge is -2.22. The first-order chi connectivity index (χ1) is 9.19. The van der Waals surface area contributed by atoms with E-state index < -0.39 is 4.92 Å². The molecule has 1 atom stereocenters. The second-order valence-corrected chi connectivity index (χ2v) is 4.74. The molecular formula is C12H15N5O2. The molecule has 100 valence electrons. The number of non-ortho nitro benzene ring substituents is 1. The number of H-pyrrole nitrogens is 1. The second kappa shape index (κ2) is 4.51. The molecule has 0 unspecified atom stereocenters. The molecule has 0 spiro atoms. The lowest BCUT2D eigenvalue weighted by molar-refractivity contribution is -0.384. The summed E-state index contributed by atoms with van der Waals surface area (Å²) < 4.78 is 0. The molecule has 0 saturated carbocycles. The normalized spacial score (nSPS) is 19.2. The van der Waals surface area contributed by atoms with Gasteiger partial charge in [0, 0.05) is 31.3 Å². The maximum Gasteiger partial charge on any atom is 0.271 e. The summed E-state index contributed by atoms with van der Waals surface area (Å²) in [5.74, 6) is 0.753. The third kappa shape index (κ3) is 2.01. The summed E-state index contributed by atoms with van der Waals surface area (Å²) in [6.45, 7) is 1.51. The number of aromatic nitrogens is 2. The van der Waals surface area contributed by atoms with Crippen LogP contribution < -0.4 is 10.6 Å². The van der Waals surface area contributed by atoms with E-state index in [1.54, 1.807) is 6.07 Å². The number of nitrogens with one attached hydrogen (secondary N) is 1. The minimum Gasteiger partial charge on any atom is -0.338 e. The Hall–Kier alpha value is -2.15. The van der Waals surface area contributed by atoms with E-state index in [0.717, 1.165) is 30.9 Å². The van der Waals surface area contributed by atoms with E-state index in [1.165, 1.54) is 12.1 Å². The summed E-state index contributed by atoms with van der Waals surface area (Å²) >= 11 is 0. The average Bonchev–Trinajstić information content (AvgIpc) is 3.03. The number of benzene rings is 1. The monoisotopic (exact) mass is 261 g/mol. The van der Waals surface area contributed by atoms with E-state index in [2.05, 4.69) is 14.9 Å². The fraction of sp³-hybridized carbons (Fsp3) is 0.417. The van der Waals surface area contributed by atoms with Crippen molar-refractivity contribution in [2.75, 3.05) is 18.0 Å². The van der Waals surface area contributed by atoms with Gasteiger partial charge < -0.3 is 15.6 Å². The van der Waals surface area contributed by atoms with Crippen molar-refractivity contribution in [3.8, 4) is 0 Å². The van der Waals surface area contributed by atoms with E-state index in [1.807, 2.05) is 0 Å². The Kier molecular flexibility index (Phi) is 2.83. The Labute approximate surface area is 109 Å². The van der Waals surface area contributed by atoms with Gasteiger partial charge in [-0.15, -0.1) is 0 Å². The topological polar surface area (TPSA) is 101 Å². The van der Waals surface area contributed by atoms with Gasteiger partial charge >= 0.3 is 0 Å². The molecule has 0 bridgehead atoms. The van der Waals surface area contributed by atoms with Crippen molar-refractivity contribution in [2.24, 2.45) is 5.73 Å². The molecule has 1 fully saturated rings. The predicted molar refractivity (Wildman–Crippen MR) is 72.2 cm³/mol. The number of imidazole rings is 1. The first-order valence-corrected chi connectivity index (χ1v) is 6.30. The van der Waals surface area contributed by atoms with E-state index in [0.29, 0.717) is 18.1 Å². The SMILES string of the molecule is NC[C@H]1CCCN1c1nc2ccc([N+](=O)[O-])cc2[nH]1. The van der Waals surface area contributed by atoms with Crippen molar-refractivity contribution in [1.82, 2.24) is 9.97 Å². The van der Waals surface area contributed by atoms with Gasteiger partial charge in [0.15, 0.2) is 0 Å². The van der Waals surface area contributed by atoms with Gasteiger partial charge in [-0.25, -0.2) is 4.98 Å². The van der Waals surface area contributed by atoms with Gasteiger partial charge in [0.25, 0.3) is 5.69 Å². The molecular weight excluding hydrogens is 246 g/mol. The Morgan fingerprint density at radius 3 is 3.16 bits per heavy atom. The first-order valence-electron chi connectivity index (χ1n) is 6.30. The van der Waals surface area contributed by atoms with Gasteiger partial charge in [-0.3, -0.25) is 10.1 Å². The minimum absolute atomic E-state index is 0.0690. The lowest BCUT2D eigenvalue weighted by atomic mass is 10.2.